The predicted molar refractivity (Wildman–Crippen MR) is 78.0 cm³/mol. The van der Waals surface area contributed by atoms with E-state index in [0.29, 0.717) is 18.3 Å². The van der Waals surface area contributed by atoms with Crippen molar-refractivity contribution < 1.29 is 4.74 Å². The van der Waals surface area contributed by atoms with Gasteiger partial charge in [0, 0.05) is 5.33 Å². The molecule has 98 valence electrons. The van der Waals surface area contributed by atoms with E-state index in [4.69, 9.17) is 10.5 Å². The molecule has 0 saturated heterocycles. The molecular weight excluding hydrogens is 308 g/mol. The van der Waals surface area contributed by atoms with Gasteiger partial charge in [-0.3, -0.25) is 0 Å². The average molecular weight is 321 g/mol. The summed E-state index contributed by atoms with van der Waals surface area (Å²) in [5.41, 5.74) is 7.79. The van der Waals surface area contributed by atoms with E-state index in [-0.39, 0.29) is 6.10 Å². The highest BCUT2D eigenvalue weighted by Crippen LogP contribution is 2.21. The maximum Gasteiger partial charge on any atom is 0.222 e. The lowest BCUT2D eigenvalue weighted by molar-refractivity contribution is 0.252. The van der Waals surface area contributed by atoms with Crippen LogP contribution in [-0.4, -0.2) is 33.7 Å². The van der Waals surface area contributed by atoms with E-state index < -0.39 is 0 Å². The van der Waals surface area contributed by atoms with E-state index in [9.17, 15) is 0 Å². The van der Waals surface area contributed by atoms with Gasteiger partial charge in [0.15, 0.2) is 0 Å². The zero-order valence-electron chi connectivity index (χ0n) is 10.2. The first-order valence-electron chi connectivity index (χ1n) is 5.96. The van der Waals surface area contributed by atoms with Gasteiger partial charge in [0.05, 0.1) is 24.0 Å². The van der Waals surface area contributed by atoms with Crippen molar-refractivity contribution in [2.75, 3.05) is 17.6 Å². The second-order valence-corrected chi connectivity index (χ2v) is 4.88. The lowest BCUT2D eigenvalue weighted by Gasteiger charge is -2.07. The van der Waals surface area contributed by atoms with Crippen molar-refractivity contribution in [3.05, 3.63) is 42.1 Å². The van der Waals surface area contributed by atoms with Gasteiger partial charge in [0.1, 0.15) is 11.9 Å². The van der Waals surface area contributed by atoms with Crippen LogP contribution in [0.15, 0.2) is 41.5 Å². The molecule has 1 aromatic heterocycles. The summed E-state index contributed by atoms with van der Waals surface area (Å²) in [6.07, 6.45) is 1.77. The number of aliphatic imine (C=N–C) groups is 1. The summed E-state index contributed by atoms with van der Waals surface area (Å²) in [6.45, 7) is 0.649. The van der Waals surface area contributed by atoms with Crippen molar-refractivity contribution in [2.45, 2.75) is 6.10 Å². The first-order chi connectivity index (χ1) is 9.29. The maximum atomic E-state index is 6.13. The molecule has 0 amide bonds. The molecule has 0 spiro atoms. The second-order valence-electron chi connectivity index (χ2n) is 4.23. The van der Waals surface area contributed by atoms with Crippen molar-refractivity contribution >= 4 is 27.6 Å². The standard InChI is InChI=1S/C13H13BrN4O/c14-6-10-7-16-13(19-10)11-8-17-18(12(11)15)9-4-2-1-3-5-9/h1-5,8,10H,6-7,15H2. The van der Waals surface area contributed by atoms with Crippen LogP contribution in [0.2, 0.25) is 0 Å². The van der Waals surface area contributed by atoms with Crippen LogP contribution < -0.4 is 5.73 Å². The Morgan fingerprint density at radius 1 is 1.37 bits per heavy atom. The summed E-state index contributed by atoms with van der Waals surface area (Å²) >= 11 is 3.39. The van der Waals surface area contributed by atoms with Gasteiger partial charge in [-0.15, -0.1) is 0 Å². The number of benzene rings is 1. The molecule has 1 unspecified atom stereocenters. The monoisotopic (exact) mass is 320 g/mol. The van der Waals surface area contributed by atoms with Crippen LogP contribution in [0.4, 0.5) is 5.82 Å². The highest BCUT2D eigenvalue weighted by Gasteiger charge is 2.23. The quantitative estimate of drug-likeness (QED) is 0.879. The molecule has 3 rings (SSSR count). The first kappa shape index (κ1) is 12.2. The fourth-order valence-corrected chi connectivity index (χ4v) is 2.28. The molecule has 1 aromatic carbocycles. The van der Waals surface area contributed by atoms with Crippen LogP contribution in [-0.2, 0) is 4.74 Å². The number of nitrogen functional groups attached to an aromatic ring is 1. The molecule has 19 heavy (non-hydrogen) atoms. The van der Waals surface area contributed by atoms with E-state index in [2.05, 4.69) is 26.0 Å². The lowest BCUT2D eigenvalue weighted by atomic mass is 10.3. The highest BCUT2D eigenvalue weighted by atomic mass is 79.9. The van der Waals surface area contributed by atoms with Crippen LogP contribution in [0, 0.1) is 0 Å². The molecule has 1 aliphatic heterocycles. The zero-order valence-corrected chi connectivity index (χ0v) is 11.7. The molecule has 0 bridgehead atoms. The lowest BCUT2D eigenvalue weighted by Crippen LogP contribution is -2.15. The summed E-state index contributed by atoms with van der Waals surface area (Å²) in [7, 11) is 0. The van der Waals surface area contributed by atoms with Crippen LogP contribution in [0.25, 0.3) is 5.69 Å². The number of halogens is 1. The Balaban J connectivity index is 1.92. The SMILES string of the molecule is Nc1c(C2=NCC(CBr)O2)cnn1-c1ccccc1. The first-order valence-corrected chi connectivity index (χ1v) is 7.08. The summed E-state index contributed by atoms with van der Waals surface area (Å²) in [4.78, 5) is 4.36. The number of nitrogens with two attached hydrogens (primary N) is 1. The molecule has 0 radical (unpaired) electrons. The van der Waals surface area contributed by atoms with Gasteiger partial charge < -0.3 is 10.5 Å². The summed E-state index contributed by atoms with van der Waals surface area (Å²) in [5, 5.41) is 5.06. The van der Waals surface area contributed by atoms with E-state index in [1.807, 2.05) is 30.3 Å². The van der Waals surface area contributed by atoms with E-state index in [1.165, 1.54) is 0 Å². The minimum Gasteiger partial charge on any atom is -0.471 e. The number of alkyl halides is 1. The predicted octanol–water partition coefficient (Wildman–Crippen LogP) is 1.99. The highest BCUT2D eigenvalue weighted by molar-refractivity contribution is 9.09. The Bertz CT molecular complexity index is 608. The minimum absolute atomic E-state index is 0.0782. The Labute approximate surface area is 119 Å². The van der Waals surface area contributed by atoms with Crippen molar-refractivity contribution in [1.29, 1.82) is 0 Å². The number of anilines is 1. The molecule has 5 nitrogen and oxygen atoms in total. The molecule has 6 heteroatoms. The molecular formula is C13H13BrN4O. The third-order valence-corrected chi connectivity index (χ3v) is 3.65. The number of para-hydroxylation sites is 1. The van der Waals surface area contributed by atoms with Crippen LogP contribution >= 0.6 is 15.9 Å². The maximum absolute atomic E-state index is 6.13. The summed E-state index contributed by atoms with van der Waals surface area (Å²) in [5.74, 6) is 1.12. The van der Waals surface area contributed by atoms with Crippen molar-refractivity contribution in [3.63, 3.8) is 0 Å². The Kier molecular flexibility index (Phi) is 3.25. The average Bonchev–Trinajstić information content (AvgIpc) is 3.06. The van der Waals surface area contributed by atoms with Gasteiger partial charge in [0.2, 0.25) is 5.90 Å². The molecule has 1 atom stereocenters. The number of rotatable bonds is 3. The normalized spacial score (nSPS) is 18.2. The number of hydrogen-bond donors (Lipinski definition) is 1. The molecule has 2 N–H and O–H groups in total. The molecule has 0 aliphatic carbocycles. The fraction of sp³-hybridized carbons (Fsp3) is 0.231. The van der Waals surface area contributed by atoms with Gasteiger partial charge in [-0.25, -0.2) is 9.67 Å². The van der Waals surface area contributed by atoms with Gasteiger partial charge in [-0.2, -0.15) is 5.10 Å². The van der Waals surface area contributed by atoms with Gasteiger partial charge >= 0.3 is 0 Å². The van der Waals surface area contributed by atoms with Gasteiger partial charge in [-0.05, 0) is 12.1 Å². The van der Waals surface area contributed by atoms with Crippen molar-refractivity contribution in [3.8, 4) is 5.69 Å². The van der Waals surface area contributed by atoms with Crippen molar-refractivity contribution in [1.82, 2.24) is 9.78 Å². The number of hydrogen-bond acceptors (Lipinski definition) is 4. The Hall–Kier alpha value is -1.82. The van der Waals surface area contributed by atoms with Crippen LogP contribution in [0.1, 0.15) is 5.56 Å². The summed E-state index contributed by atoms with van der Waals surface area (Å²) in [6, 6.07) is 9.74. The van der Waals surface area contributed by atoms with Crippen LogP contribution in [0.5, 0.6) is 0 Å². The molecule has 1 aliphatic rings. The third kappa shape index (κ3) is 2.23. The van der Waals surface area contributed by atoms with Gasteiger partial charge in [0.25, 0.3) is 0 Å². The van der Waals surface area contributed by atoms with E-state index >= 15 is 0 Å². The minimum atomic E-state index is 0.0782. The molecule has 2 heterocycles. The van der Waals surface area contributed by atoms with E-state index in [1.54, 1.807) is 10.9 Å². The topological polar surface area (TPSA) is 65.4 Å². The molecule has 0 fully saturated rings. The van der Waals surface area contributed by atoms with Crippen molar-refractivity contribution in [2.24, 2.45) is 4.99 Å². The Morgan fingerprint density at radius 3 is 2.84 bits per heavy atom. The Morgan fingerprint density at radius 2 is 2.16 bits per heavy atom. The molecule has 0 saturated carbocycles. The number of aromatic nitrogens is 2. The molecule has 2 aromatic rings. The zero-order chi connectivity index (χ0) is 13.2. The van der Waals surface area contributed by atoms with Gasteiger partial charge in [-0.1, -0.05) is 34.1 Å². The van der Waals surface area contributed by atoms with Crippen LogP contribution in [0.3, 0.4) is 0 Å². The number of ether oxygens (including phenoxy) is 1. The summed E-state index contributed by atoms with van der Waals surface area (Å²) < 4.78 is 7.38. The fourth-order valence-electron chi connectivity index (χ4n) is 1.94. The largest absolute Gasteiger partial charge is 0.471 e. The third-order valence-electron chi connectivity index (χ3n) is 2.93. The second kappa shape index (κ2) is 5.05. The van der Waals surface area contributed by atoms with E-state index in [0.717, 1.165) is 16.6 Å². The smallest absolute Gasteiger partial charge is 0.222 e. The number of nitrogens with zero attached hydrogens (tertiary/aromatic N) is 3.